The minimum atomic E-state index is 0.832. The molecular weight excluding hydrogens is 306 g/mol. The van der Waals surface area contributed by atoms with E-state index in [0.29, 0.717) is 0 Å². The molecule has 3 aromatic rings. The number of aromatic nitrogens is 1. The van der Waals surface area contributed by atoms with Gasteiger partial charge in [0, 0.05) is 11.5 Å². The molecule has 4 rings (SSSR count). The van der Waals surface area contributed by atoms with Crippen LogP contribution >= 0.6 is 11.6 Å². The number of rotatable bonds is 2. The number of nitrogens with one attached hydrogen (secondary N) is 1. The number of anilines is 2. The molecule has 2 heterocycles. The van der Waals surface area contributed by atoms with Crippen LogP contribution in [0.2, 0.25) is 5.02 Å². The Bertz CT molecular complexity index is 825. The van der Waals surface area contributed by atoms with Gasteiger partial charge < -0.3 is 4.90 Å². The molecule has 1 N–H and O–H groups in total. The summed E-state index contributed by atoms with van der Waals surface area (Å²) in [7, 11) is 0. The average Bonchev–Trinajstić information content (AvgIpc) is 2.62. The molecule has 0 radical (unpaired) electrons. The van der Waals surface area contributed by atoms with Crippen LogP contribution < -0.4 is 14.8 Å². The molecule has 1 aromatic heterocycles. The first kappa shape index (κ1) is 14.3. The van der Waals surface area contributed by atoms with E-state index >= 15 is 0 Å². The largest absolute Gasteiger partial charge is 0.362 e. The van der Waals surface area contributed by atoms with Crippen LogP contribution in [0.1, 0.15) is 0 Å². The van der Waals surface area contributed by atoms with Gasteiger partial charge >= 0.3 is 0 Å². The highest BCUT2D eigenvalue weighted by molar-refractivity contribution is 6.33. The third kappa shape index (κ3) is 2.84. The molecule has 0 aliphatic carbocycles. The van der Waals surface area contributed by atoms with Crippen molar-refractivity contribution < 1.29 is 4.98 Å². The van der Waals surface area contributed by atoms with E-state index in [2.05, 4.69) is 57.2 Å². The van der Waals surface area contributed by atoms with Crippen molar-refractivity contribution in [2.24, 2.45) is 0 Å². The van der Waals surface area contributed by atoms with Gasteiger partial charge in [-0.3, -0.25) is 4.90 Å². The molecule has 1 aliphatic heterocycles. The van der Waals surface area contributed by atoms with Gasteiger partial charge in [-0.05, 0) is 24.3 Å². The second-order valence-electron chi connectivity index (χ2n) is 5.86. The predicted molar refractivity (Wildman–Crippen MR) is 96.4 cm³/mol. The Balaban J connectivity index is 1.51. The van der Waals surface area contributed by atoms with E-state index in [1.165, 1.54) is 16.7 Å². The summed E-state index contributed by atoms with van der Waals surface area (Å²) in [5.41, 5.74) is 2.31. The summed E-state index contributed by atoms with van der Waals surface area (Å²) in [4.78, 5) is 8.31. The fraction of sp³-hybridized carbons (Fsp3) is 0.211. The number of H-pyrrole nitrogens is 1. The number of nitrogens with zero attached hydrogens (tertiary/aromatic N) is 2. The molecule has 23 heavy (non-hydrogen) atoms. The maximum absolute atomic E-state index is 6.31. The van der Waals surface area contributed by atoms with Crippen LogP contribution in [0.4, 0.5) is 11.5 Å². The molecule has 1 saturated heterocycles. The summed E-state index contributed by atoms with van der Waals surface area (Å²) >= 11 is 6.31. The maximum Gasteiger partial charge on any atom is 0.274 e. The molecule has 0 saturated carbocycles. The van der Waals surface area contributed by atoms with Crippen LogP contribution in [0.25, 0.3) is 10.9 Å². The molecule has 3 nitrogen and oxygen atoms in total. The Kier molecular flexibility index (Phi) is 3.80. The van der Waals surface area contributed by atoms with Crippen LogP contribution in [0.15, 0.2) is 60.7 Å². The summed E-state index contributed by atoms with van der Waals surface area (Å²) in [6.45, 7) is 3.93. The number of fused-ring (bicyclic) bond motifs is 1. The lowest BCUT2D eigenvalue weighted by atomic mass is 10.2. The Hall–Kier alpha value is -2.26. The first-order chi connectivity index (χ1) is 11.3. The zero-order valence-electron chi connectivity index (χ0n) is 12.9. The van der Waals surface area contributed by atoms with Crippen molar-refractivity contribution >= 4 is 34.0 Å². The van der Waals surface area contributed by atoms with Gasteiger partial charge in [-0.1, -0.05) is 41.9 Å². The summed E-state index contributed by atoms with van der Waals surface area (Å²) in [5, 5.41) is 2.07. The highest BCUT2D eigenvalue weighted by Gasteiger charge is 2.24. The molecule has 2 aromatic carbocycles. The van der Waals surface area contributed by atoms with Gasteiger partial charge in [-0.15, -0.1) is 0 Å². The molecule has 0 amide bonds. The summed E-state index contributed by atoms with van der Waals surface area (Å²) < 4.78 is 0. The second kappa shape index (κ2) is 6.09. The monoisotopic (exact) mass is 324 g/mol. The third-order valence-corrected chi connectivity index (χ3v) is 4.78. The molecule has 1 fully saturated rings. The molecule has 116 valence electrons. The zero-order valence-corrected chi connectivity index (χ0v) is 13.6. The van der Waals surface area contributed by atoms with E-state index in [1.807, 2.05) is 18.2 Å². The molecule has 1 aliphatic rings. The first-order valence-corrected chi connectivity index (χ1v) is 8.34. The van der Waals surface area contributed by atoms with Gasteiger partial charge in [0.15, 0.2) is 0 Å². The van der Waals surface area contributed by atoms with Crippen molar-refractivity contribution in [3.8, 4) is 0 Å². The van der Waals surface area contributed by atoms with E-state index in [1.54, 1.807) is 0 Å². The van der Waals surface area contributed by atoms with Gasteiger partial charge in [0.2, 0.25) is 0 Å². The summed E-state index contributed by atoms with van der Waals surface area (Å²) in [6, 6.07) is 20.8. The number of piperazine rings is 1. The van der Waals surface area contributed by atoms with Crippen LogP contribution in [0.3, 0.4) is 0 Å². The SMILES string of the molecule is Clc1ccccc1N1CCN(c2ccc3ccccc3[nH+]2)CC1. The minimum absolute atomic E-state index is 0.832. The van der Waals surface area contributed by atoms with Gasteiger partial charge in [0.1, 0.15) is 18.6 Å². The molecule has 0 atom stereocenters. The Morgan fingerprint density at radius 3 is 2.26 bits per heavy atom. The Morgan fingerprint density at radius 1 is 0.739 bits per heavy atom. The quantitative estimate of drug-likeness (QED) is 0.717. The third-order valence-electron chi connectivity index (χ3n) is 4.46. The molecular formula is C19H19ClN3+. The van der Waals surface area contributed by atoms with Crippen molar-refractivity contribution in [2.75, 3.05) is 36.0 Å². The number of aromatic amines is 1. The summed E-state index contributed by atoms with van der Waals surface area (Å²) in [6.07, 6.45) is 0. The van der Waals surface area contributed by atoms with E-state index < -0.39 is 0 Å². The fourth-order valence-corrected chi connectivity index (χ4v) is 3.44. The smallest absolute Gasteiger partial charge is 0.274 e. The van der Waals surface area contributed by atoms with Crippen LogP contribution in [0.5, 0.6) is 0 Å². The number of para-hydroxylation sites is 2. The first-order valence-electron chi connectivity index (χ1n) is 7.97. The molecule has 0 unspecified atom stereocenters. The number of hydrogen-bond donors (Lipinski definition) is 0. The number of halogens is 1. The van der Waals surface area contributed by atoms with Crippen LogP contribution in [-0.4, -0.2) is 26.2 Å². The molecule has 4 heteroatoms. The van der Waals surface area contributed by atoms with Crippen molar-refractivity contribution in [1.82, 2.24) is 0 Å². The minimum Gasteiger partial charge on any atom is -0.362 e. The lowest BCUT2D eigenvalue weighted by Gasteiger charge is -2.33. The van der Waals surface area contributed by atoms with E-state index in [-0.39, 0.29) is 0 Å². The van der Waals surface area contributed by atoms with Crippen molar-refractivity contribution in [2.45, 2.75) is 0 Å². The standard InChI is InChI=1S/C19H18ClN3/c20-16-6-2-4-8-18(16)22-11-13-23(14-12-22)19-10-9-15-5-1-3-7-17(15)21-19/h1-10H,11-14H2/p+1. The van der Waals surface area contributed by atoms with Crippen molar-refractivity contribution in [3.63, 3.8) is 0 Å². The zero-order chi connectivity index (χ0) is 15.6. The van der Waals surface area contributed by atoms with E-state index in [0.717, 1.165) is 36.9 Å². The second-order valence-corrected chi connectivity index (χ2v) is 6.26. The van der Waals surface area contributed by atoms with Gasteiger partial charge in [0.05, 0.1) is 23.8 Å². The van der Waals surface area contributed by atoms with E-state index in [9.17, 15) is 0 Å². The van der Waals surface area contributed by atoms with Crippen LogP contribution in [-0.2, 0) is 0 Å². The molecule has 0 bridgehead atoms. The predicted octanol–water partition coefficient (Wildman–Crippen LogP) is 3.63. The topological polar surface area (TPSA) is 20.6 Å². The molecule has 0 spiro atoms. The highest BCUT2D eigenvalue weighted by atomic mass is 35.5. The normalized spacial score (nSPS) is 15.2. The Labute approximate surface area is 141 Å². The van der Waals surface area contributed by atoms with Gasteiger partial charge in [-0.25, -0.2) is 4.98 Å². The Morgan fingerprint density at radius 2 is 1.43 bits per heavy atom. The fourth-order valence-electron chi connectivity index (χ4n) is 3.19. The van der Waals surface area contributed by atoms with Gasteiger partial charge in [-0.2, -0.15) is 0 Å². The van der Waals surface area contributed by atoms with E-state index in [4.69, 9.17) is 11.6 Å². The number of benzene rings is 2. The van der Waals surface area contributed by atoms with Crippen molar-refractivity contribution in [3.05, 3.63) is 65.7 Å². The summed E-state index contributed by atoms with van der Waals surface area (Å²) in [5.74, 6) is 1.18. The average molecular weight is 325 g/mol. The maximum atomic E-state index is 6.31. The van der Waals surface area contributed by atoms with Crippen LogP contribution in [0, 0.1) is 0 Å². The number of pyridine rings is 1. The number of hydrogen-bond acceptors (Lipinski definition) is 2. The highest BCUT2D eigenvalue weighted by Crippen LogP contribution is 2.26. The van der Waals surface area contributed by atoms with Gasteiger partial charge in [0.25, 0.3) is 5.82 Å². The van der Waals surface area contributed by atoms with Crippen molar-refractivity contribution in [1.29, 1.82) is 0 Å². The lowest BCUT2D eigenvalue weighted by Crippen LogP contribution is -2.48. The lowest BCUT2D eigenvalue weighted by molar-refractivity contribution is -0.330.